The topological polar surface area (TPSA) is 75.6 Å². The number of aliphatic carboxylic acids is 1. The van der Waals surface area contributed by atoms with Crippen molar-refractivity contribution in [3.8, 4) is 5.75 Å². The highest BCUT2D eigenvalue weighted by atomic mass is 31.2. The summed E-state index contributed by atoms with van der Waals surface area (Å²) < 4.78 is 85.2. The minimum absolute atomic E-state index is 0.239. The quantitative estimate of drug-likeness (QED) is 0.340. The molecule has 26 heavy (non-hydrogen) atoms. The van der Waals surface area contributed by atoms with Crippen LogP contribution in [0.3, 0.4) is 0 Å². The summed E-state index contributed by atoms with van der Waals surface area (Å²) in [6, 6.07) is 5.03. The number of hydrogen-bond acceptors (Lipinski definition) is 3. The molecule has 2 N–H and O–H groups in total. The first kappa shape index (κ1) is 19.9. The first-order valence-corrected chi connectivity index (χ1v) is 8.58. The number of halogens is 5. The van der Waals surface area contributed by atoms with Crippen LogP contribution in [0, 0.1) is 29.1 Å². The minimum Gasteiger partial charge on any atom is -0.480 e. The minimum atomic E-state index is -4.58. The van der Waals surface area contributed by atoms with Crippen LogP contribution >= 0.6 is 7.52 Å². The lowest BCUT2D eigenvalue weighted by atomic mass is 10.3. The molecule has 0 aliphatic heterocycles. The van der Waals surface area contributed by atoms with Crippen LogP contribution in [0.25, 0.3) is 0 Å². The summed E-state index contributed by atoms with van der Waals surface area (Å²) in [5.74, 6) is -14.9. The van der Waals surface area contributed by atoms with Crippen molar-refractivity contribution in [2.24, 2.45) is 0 Å². The molecule has 0 radical (unpaired) electrons. The lowest BCUT2D eigenvalue weighted by Gasteiger charge is -2.23. The molecule has 140 valence electrons. The van der Waals surface area contributed by atoms with E-state index in [0.29, 0.717) is 0 Å². The fraction of sp³-hybridized carbons (Fsp3) is 0.133. The number of carboxylic acid groups (broad SMARTS) is 1. The second-order valence-electron chi connectivity index (χ2n) is 5.07. The SMILES string of the molecule is C[C@H](N[P@@](=O)(Oc1c(F)c(F)c(F)c(F)c1F)c1ccccc1)C(=O)O. The Bertz CT molecular complexity index is 864. The van der Waals surface area contributed by atoms with Crippen LogP contribution in [0.4, 0.5) is 22.0 Å². The molecule has 0 amide bonds. The Hall–Kier alpha value is -2.45. The molecule has 0 fully saturated rings. The van der Waals surface area contributed by atoms with Crippen molar-refractivity contribution in [1.29, 1.82) is 0 Å². The van der Waals surface area contributed by atoms with Gasteiger partial charge in [-0.15, -0.1) is 0 Å². The van der Waals surface area contributed by atoms with Gasteiger partial charge in [-0.05, 0) is 19.1 Å². The Labute approximate surface area is 143 Å². The first-order chi connectivity index (χ1) is 12.1. The van der Waals surface area contributed by atoms with Gasteiger partial charge in [-0.1, -0.05) is 18.2 Å². The molecule has 0 aliphatic carbocycles. The zero-order chi connectivity index (χ0) is 19.6. The zero-order valence-corrected chi connectivity index (χ0v) is 13.9. The molecular weight excluding hydrogens is 384 g/mol. The van der Waals surface area contributed by atoms with Gasteiger partial charge in [0.15, 0.2) is 0 Å². The van der Waals surface area contributed by atoms with Crippen molar-refractivity contribution in [1.82, 2.24) is 5.09 Å². The summed E-state index contributed by atoms with van der Waals surface area (Å²) in [7, 11) is -4.58. The van der Waals surface area contributed by atoms with E-state index in [1.54, 1.807) is 0 Å². The number of benzene rings is 2. The van der Waals surface area contributed by atoms with E-state index in [-0.39, 0.29) is 5.30 Å². The maximum Gasteiger partial charge on any atom is 0.347 e. The van der Waals surface area contributed by atoms with Gasteiger partial charge in [0.05, 0.1) is 5.30 Å². The summed E-state index contributed by atoms with van der Waals surface area (Å²) >= 11 is 0. The van der Waals surface area contributed by atoms with Crippen molar-refractivity contribution >= 4 is 18.8 Å². The highest BCUT2D eigenvalue weighted by molar-refractivity contribution is 7.65. The number of carboxylic acids is 1. The number of hydrogen-bond donors (Lipinski definition) is 2. The van der Waals surface area contributed by atoms with Crippen LogP contribution in [-0.4, -0.2) is 17.1 Å². The van der Waals surface area contributed by atoms with E-state index >= 15 is 0 Å². The fourth-order valence-electron chi connectivity index (χ4n) is 1.88. The molecule has 2 atom stereocenters. The lowest BCUT2D eigenvalue weighted by Crippen LogP contribution is -2.36. The molecular formula is C15H11F5NO4P. The second-order valence-corrected chi connectivity index (χ2v) is 7.13. The maximum absolute atomic E-state index is 13.8. The molecule has 0 bridgehead atoms. The number of carbonyl (C=O) groups is 1. The van der Waals surface area contributed by atoms with Gasteiger partial charge in [-0.3, -0.25) is 9.36 Å². The maximum atomic E-state index is 13.8. The molecule has 11 heteroatoms. The molecule has 0 aliphatic rings. The van der Waals surface area contributed by atoms with Crippen molar-refractivity contribution < 1.29 is 40.9 Å². The Morgan fingerprint density at radius 3 is 1.92 bits per heavy atom. The van der Waals surface area contributed by atoms with E-state index in [4.69, 9.17) is 5.11 Å². The third-order valence-electron chi connectivity index (χ3n) is 3.22. The van der Waals surface area contributed by atoms with Gasteiger partial charge in [0.2, 0.25) is 34.8 Å². The third kappa shape index (κ3) is 3.71. The monoisotopic (exact) mass is 395 g/mol. The van der Waals surface area contributed by atoms with E-state index < -0.39 is 54.4 Å². The molecule has 2 rings (SSSR count). The number of nitrogens with one attached hydrogen (secondary N) is 1. The van der Waals surface area contributed by atoms with Gasteiger partial charge in [0.1, 0.15) is 6.04 Å². The Kier molecular flexibility index (Phi) is 5.68. The van der Waals surface area contributed by atoms with Gasteiger partial charge < -0.3 is 9.63 Å². The summed E-state index contributed by atoms with van der Waals surface area (Å²) in [6.07, 6.45) is 0. The summed E-state index contributed by atoms with van der Waals surface area (Å²) in [4.78, 5) is 11.0. The predicted octanol–water partition coefficient (Wildman–Crippen LogP) is 3.34. The van der Waals surface area contributed by atoms with Crippen molar-refractivity contribution in [2.75, 3.05) is 0 Å². The van der Waals surface area contributed by atoms with E-state index in [1.165, 1.54) is 30.3 Å². The molecule has 2 aromatic carbocycles. The Balaban J connectivity index is 2.60. The van der Waals surface area contributed by atoms with Gasteiger partial charge in [-0.25, -0.2) is 18.3 Å². The van der Waals surface area contributed by atoms with Gasteiger partial charge in [-0.2, -0.15) is 8.78 Å². The summed E-state index contributed by atoms with van der Waals surface area (Å²) in [5, 5.41) is 10.7. The zero-order valence-electron chi connectivity index (χ0n) is 13.0. The third-order valence-corrected chi connectivity index (χ3v) is 5.36. The lowest BCUT2D eigenvalue weighted by molar-refractivity contribution is -0.138. The van der Waals surface area contributed by atoms with Crippen LogP contribution in [0.15, 0.2) is 30.3 Å². The van der Waals surface area contributed by atoms with Crippen LogP contribution in [0.5, 0.6) is 5.75 Å². The molecule has 0 saturated carbocycles. The molecule has 0 heterocycles. The highest BCUT2D eigenvalue weighted by Crippen LogP contribution is 2.45. The van der Waals surface area contributed by atoms with Crippen LogP contribution in [-0.2, 0) is 9.36 Å². The van der Waals surface area contributed by atoms with Gasteiger partial charge >= 0.3 is 13.5 Å². The van der Waals surface area contributed by atoms with Crippen molar-refractivity contribution in [2.45, 2.75) is 13.0 Å². The predicted molar refractivity (Wildman–Crippen MR) is 80.8 cm³/mol. The van der Waals surface area contributed by atoms with E-state index in [9.17, 15) is 31.3 Å². The highest BCUT2D eigenvalue weighted by Gasteiger charge is 2.36. The Morgan fingerprint density at radius 1 is 1.00 bits per heavy atom. The molecule has 0 spiro atoms. The molecule has 0 unspecified atom stereocenters. The van der Waals surface area contributed by atoms with Crippen LogP contribution in [0.2, 0.25) is 0 Å². The van der Waals surface area contributed by atoms with Crippen LogP contribution < -0.4 is 14.9 Å². The van der Waals surface area contributed by atoms with E-state index in [1.807, 2.05) is 5.09 Å². The smallest absolute Gasteiger partial charge is 0.347 e. The summed E-state index contributed by atoms with van der Waals surface area (Å²) in [6.45, 7) is 1.06. The largest absolute Gasteiger partial charge is 0.480 e. The fourth-order valence-corrected chi connectivity index (χ4v) is 3.79. The molecule has 5 nitrogen and oxygen atoms in total. The molecule has 0 saturated heterocycles. The van der Waals surface area contributed by atoms with E-state index in [0.717, 1.165) is 6.92 Å². The molecule has 0 aromatic heterocycles. The molecule has 2 aromatic rings. The summed E-state index contributed by atoms with van der Waals surface area (Å²) in [5.41, 5.74) is 0. The van der Waals surface area contributed by atoms with Crippen LogP contribution in [0.1, 0.15) is 6.92 Å². The average Bonchev–Trinajstić information content (AvgIpc) is 2.62. The average molecular weight is 395 g/mol. The standard InChI is InChI=1S/C15H11F5NO4P/c1-7(15(22)23)21-26(24,8-5-3-2-4-6-8)25-14-12(19)10(17)9(16)11(18)13(14)20/h2-7H,1H3,(H,21,24)(H,22,23)/t7-,26-/m0/s1. The second kappa shape index (κ2) is 7.43. The van der Waals surface area contributed by atoms with Crippen molar-refractivity contribution in [3.63, 3.8) is 0 Å². The van der Waals surface area contributed by atoms with Gasteiger partial charge in [0.25, 0.3) is 0 Å². The van der Waals surface area contributed by atoms with Gasteiger partial charge in [0, 0.05) is 0 Å². The Morgan fingerprint density at radius 2 is 1.46 bits per heavy atom. The normalized spacial score (nSPS) is 14.5. The number of rotatable bonds is 6. The van der Waals surface area contributed by atoms with E-state index in [2.05, 4.69) is 4.52 Å². The van der Waals surface area contributed by atoms with Crippen molar-refractivity contribution in [3.05, 3.63) is 59.4 Å². The first-order valence-electron chi connectivity index (χ1n) is 6.95.